The molecule has 0 saturated carbocycles. The first-order valence-electron chi connectivity index (χ1n) is 9.00. The molecule has 1 aromatic heterocycles. The number of carbonyl (C=O) groups excluding carboxylic acids is 1. The molecule has 0 aliphatic carbocycles. The van der Waals surface area contributed by atoms with Crippen LogP contribution < -0.4 is 5.32 Å². The maximum Gasteiger partial charge on any atom is 0.251 e. The number of nitrogens with zero attached hydrogens (tertiary/aromatic N) is 4. The number of nitrogens with one attached hydrogen (secondary N) is 1. The van der Waals surface area contributed by atoms with Gasteiger partial charge in [-0.1, -0.05) is 54.6 Å². The van der Waals surface area contributed by atoms with Crippen molar-refractivity contribution >= 4 is 5.91 Å². The van der Waals surface area contributed by atoms with Gasteiger partial charge in [0.1, 0.15) is 6.33 Å². The van der Waals surface area contributed by atoms with E-state index in [1.165, 1.54) is 11.9 Å². The molecule has 1 amide bonds. The molecule has 6 nitrogen and oxygen atoms in total. The molecular weight excluding hydrogens is 350 g/mol. The molecule has 0 spiro atoms. The smallest absolute Gasteiger partial charge is 0.251 e. The van der Waals surface area contributed by atoms with Crippen molar-refractivity contribution in [3.63, 3.8) is 0 Å². The highest BCUT2D eigenvalue weighted by Crippen LogP contribution is 2.22. The van der Waals surface area contributed by atoms with Gasteiger partial charge >= 0.3 is 0 Å². The number of rotatable bonds is 5. The third kappa shape index (κ3) is 3.81. The molecule has 1 N–H and O–H groups in total. The van der Waals surface area contributed by atoms with Gasteiger partial charge in [-0.3, -0.25) is 4.79 Å². The highest BCUT2D eigenvalue weighted by Gasteiger charge is 2.12. The van der Waals surface area contributed by atoms with Gasteiger partial charge < -0.3 is 5.32 Å². The minimum atomic E-state index is -0.122. The fourth-order valence-electron chi connectivity index (χ4n) is 3.00. The first-order valence-corrected chi connectivity index (χ1v) is 9.00. The van der Waals surface area contributed by atoms with Crippen molar-refractivity contribution in [1.29, 1.82) is 0 Å². The Hall–Kier alpha value is -3.80. The molecule has 4 aromatic rings. The standard InChI is InChI=1S/C22H19N5O/c1-16(17-7-9-19(10-8-17)18-5-3-2-4-6-18)24-22(28)20-11-13-21(14-12-20)27-15-23-25-26-27/h2-16H,1H3,(H,24,28). The van der Waals surface area contributed by atoms with Crippen LogP contribution >= 0.6 is 0 Å². The number of amides is 1. The number of hydrogen-bond donors (Lipinski definition) is 1. The summed E-state index contributed by atoms with van der Waals surface area (Å²) in [6.45, 7) is 1.98. The molecule has 0 aliphatic heterocycles. The normalized spacial score (nSPS) is 11.8. The van der Waals surface area contributed by atoms with Crippen LogP contribution in [0, 0.1) is 0 Å². The summed E-state index contributed by atoms with van der Waals surface area (Å²) in [5.41, 5.74) is 4.77. The van der Waals surface area contributed by atoms with E-state index >= 15 is 0 Å². The first-order chi connectivity index (χ1) is 13.7. The molecule has 0 bridgehead atoms. The third-order valence-electron chi connectivity index (χ3n) is 4.61. The lowest BCUT2D eigenvalue weighted by Crippen LogP contribution is -2.26. The Morgan fingerprint density at radius 1 is 0.893 bits per heavy atom. The zero-order valence-corrected chi connectivity index (χ0v) is 15.4. The second kappa shape index (κ2) is 7.84. The lowest BCUT2D eigenvalue weighted by atomic mass is 10.0. The van der Waals surface area contributed by atoms with Crippen molar-refractivity contribution in [2.75, 3.05) is 0 Å². The van der Waals surface area contributed by atoms with Gasteiger partial charge in [0.05, 0.1) is 11.7 Å². The fraction of sp³-hybridized carbons (Fsp3) is 0.0909. The van der Waals surface area contributed by atoms with Gasteiger partial charge in [-0.15, -0.1) is 5.10 Å². The summed E-state index contributed by atoms with van der Waals surface area (Å²) in [7, 11) is 0. The van der Waals surface area contributed by atoms with Crippen molar-refractivity contribution in [1.82, 2.24) is 25.5 Å². The third-order valence-corrected chi connectivity index (χ3v) is 4.61. The van der Waals surface area contributed by atoms with Crippen molar-refractivity contribution < 1.29 is 4.79 Å². The van der Waals surface area contributed by atoms with Crippen LogP contribution in [-0.2, 0) is 0 Å². The minimum absolute atomic E-state index is 0.100. The molecule has 1 atom stereocenters. The Morgan fingerprint density at radius 3 is 2.21 bits per heavy atom. The molecule has 0 radical (unpaired) electrons. The van der Waals surface area contributed by atoms with Crippen molar-refractivity contribution in [2.45, 2.75) is 13.0 Å². The zero-order chi connectivity index (χ0) is 19.3. The Morgan fingerprint density at radius 2 is 1.57 bits per heavy atom. The highest BCUT2D eigenvalue weighted by atomic mass is 16.1. The van der Waals surface area contributed by atoms with E-state index in [0.29, 0.717) is 5.56 Å². The molecule has 3 aromatic carbocycles. The Kier molecular flexibility index (Phi) is 4.93. The van der Waals surface area contributed by atoms with Crippen molar-refractivity contribution in [2.24, 2.45) is 0 Å². The van der Waals surface area contributed by atoms with Crippen LogP contribution in [0.1, 0.15) is 28.9 Å². The molecule has 1 heterocycles. The van der Waals surface area contributed by atoms with Crippen LogP contribution in [0.25, 0.3) is 16.8 Å². The minimum Gasteiger partial charge on any atom is -0.346 e. The number of benzene rings is 3. The van der Waals surface area contributed by atoms with E-state index in [9.17, 15) is 4.79 Å². The highest BCUT2D eigenvalue weighted by molar-refractivity contribution is 5.94. The van der Waals surface area contributed by atoms with Crippen LogP contribution in [0.3, 0.4) is 0 Å². The maximum absolute atomic E-state index is 12.6. The number of aromatic nitrogens is 4. The van der Waals surface area contributed by atoms with E-state index in [-0.39, 0.29) is 11.9 Å². The van der Waals surface area contributed by atoms with E-state index in [1.807, 2.05) is 49.4 Å². The van der Waals surface area contributed by atoms with Gasteiger partial charge in [0.25, 0.3) is 5.91 Å². The average molecular weight is 369 g/mol. The first kappa shape index (κ1) is 17.6. The molecule has 138 valence electrons. The molecule has 1 unspecified atom stereocenters. The monoisotopic (exact) mass is 369 g/mol. The molecule has 4 rings (SSSR count). The summed E-state index contributed by atoms with van der Waals surface area (Å²) in [5, 5.41) is 14.1. The number of carbonyl (C=O) groups is 1. The predicted octanol–water partition coefficient (Wildman–Crippen LogP) is 3.82. The van der Waals surface area contributed by atoms with Gasteiger partial charge in [-0.25, -0.2) is 4.68 Å². The van der Waals surface area contributed by atoms with Crippen molar-refractivity contribution in [3.05, 3.63) is 96.3 Å². The lowest BCUT2D eigenvalue weighted by molar-refractivity contribution is 0.0940. The van der Waals surface area contributed by atoms with Crippen LogP contribution in [-0.4, -0.2) is 26.1 Å². The SMILES string of the molecule is CC(NC(=O)c1ccc(-n2cnnn2)cc1)c1ccc(-c2ccccc2)cc1. The van der Waals surface area contributed by atoms with Crippen LogP contribution in [0.5, 0.6) is 0 Å². The van der Waals surface area contributed by atoms with E-state index in [4.69, 9.17) is 0 Å². The quantitative estimate of drug-likeness (QED) is 0.580. The summed E-state index contributed by atoms with van der Waals surface area (Å²) in [6, 6.07) is 25.5. The Bertz CT molecular complexity index is 1040. The molecule has 0 aliphatic rings. The number of tetrazole rings is 1. The van der Waals surface area contributed by atoms with Gasteiger partial charge in [0, 0.05) is 5.56 Å². The molecule has 28 heavy (non-hydrogen) atoms. The zero-order valence-electron chi connectivity index (χ0n) is 15.4. The second-order valence-corrected chi connectivity index (χ2v) is 6.48. The Balaban J connectivity index is 1.43. The van der Waals surface area contributed by atoms with Gasteiger partial charge in [-0.2, -0.15) is 0 Å². The van der Waals surface area contributed by atoms with Crippen molar-refractivity contribution in [3.8, 4) is 16.8 Å². The summed E-state index contributed by atoms with van der Waals surface area (Å²) in [4.78, 5) is 12.6. The number of hydrogen-bond acceptors (Lipinski definition) is 4. The summed E-state index contributed by atoms with van der Waals surface area (Å²) < 4.78 is 1.54. The maximum atomic E-state index is 12.6. The summed E-state index contributed by atoms with van der Waals surface area (Å²) in [6.07, 6.45) is 1.51. The van der Waals surface area contributed by atoms with Crippen LogP contribution in [0.2, 0.25) is 0 Å². The van der Waals surface area contributed by atoms with Gasteiger partial charge in [0.2, 0.25) is 0 Å². The van der Waals surface area contributed by atoms with E-state index < -0.39 is 0 Å². The lowest BCUT2D eigenvalue weighted by Gasteiger charge is -2.15. The van der Waals surface area contributed by atoms with Gasteiger partial charge in [0.15, 0.2) is 0 Å². The molecular formula is C22H19N5O. The topological polar surface area (TPSA) is 72.7 Å². The van der Waals surface area contributed by atoms with E-state index in [2.05, 4.69) is 45.1 Å². The average Bonchev–Trinajstić information content (AvgIpc) is 3.29. The molecule has 0 fully saturated rings. The second-order valence-electron chi connectivity index (χ2n) is 6.48. The fourth-order valence-corrected chi connectivity index (χ4v) is 3.00. The predicted molar refractivity (Wildman–Crippen MR) is 107 cm³/mol. The van der Waals surface area contributed by atoms with Gasteiger partial charge in [-0.05, 0) is 58.3 Å². The van der Waals surface area contributed by atoms with Crippen LogP contribution in [0.4, 0.5) is 0 Å². The van der Waals surface area contributed by atoms with E-state index in [0.717, 1.165) is 16.8 Å². The summed E-state index contributed by atoms with van der Waals surface area (Å²) >= 11 is 0. The van der Waals surface area contributed by atoms with Crippen LogP contribution in [0.15, 0.2) is 85.2 Å². The largest absolute Gasteiger partial charge is 0.346 e. The summed E-state index contributed by atoms with van der Waals surface area (Å²) in [5.74, 6) is -0.122. The van der Waals surface area contributed by atoms with E-state index in [1.54, 1.807) is 16.8 Å². The molecule has 0 saturated heterocycles. The Labute approximate surface area is 162 Å². The molecule has 6 heteroatoms.